The summed E-state index contributed by atoms with van der Waals surface area (Å²) in [7, 11) is -3.13. The molecule has 0 spiro atoms. The molecule has 0 aromatic heterocycles. The van der Waals surface area contributed by atoms with Crippen molar-refractivity contribution in [2.75, 3.05) is 45.5 Å². The van der Waals surface area contributed by atoms with E-state index in [-0.39, 0.29) is 24.0 Å². The van der Waals surface area contributed by atoms with Crippen LogP contribution in [-0.2, 0) is 16.3 Å². The predicted octanol–water partition coefficient (Wildman–Crippen LogP) is 2.29. The number of likely N-dealkylation sites (tertiary alicyclic amines) is 1. The molecular weight excluding hydrogens is 475 g/mol. The first-order valence-electron chi connectivity index (χ1n) is 9.52. The second-order valence-electron chi connectivity index (χ2n) is 6.76. The van der Waals surface area contributed by atoms with Crippen LogP contribution in [0.3, 0.4) is 0 Å². The Bertz CT molecular complexity index is 671. The molecule has 0 bridgehead atoms. The summed E-state index contributed by atoms with van der Waals surface area (Å²) < 4.78 is 23.0. The highest BCUT2D eigenvalue weighted by Crippen LogP contribution is 2.10. The van der Waals surface area contributed by atoms with E-state index in [1.165, 1.54) is 32.2 Å². The average molecular weight is 508 g/mol. The Morgan fingerprint density at radius 3 is 2.41 bits per heavy atom. The van der Waals surface area contributed by atoms with Gasteiger partial charge in [0.05, 0.1) is 4.90 Å². The van der Waals surface area contributed by atoms with Gasteiger partial charge < -0.3 is 15.5 Å². The first-order chi connectivity index (χ1) is 12.5. The quantitative estimate of drug-likeness (QED) is 0.232. The Labute approximate surface area is 181 Å². The number of rotatable bonds is 9. The molecule has 1 heterocycles. The van der Waals surface area contributed by atoms with Gasteiger partial charge in [-0.15, -0.1) is 24.0 Å². The largest absolute Gasteiger partial charge is 0.357 e. The molecule has 2 N–H and O–H groups in total. The SMILES string of the molecule is CCNC(=NCCCN1CCCC1)NCCc1ccc(S(C)(=O)=O)cc1.I. The molecule has 1 fully saturated rings. The summed E-state index contributed by atoms with van der Waals surface area (Å²) in [6.07, 6.45) is 5.80. The highest BCUT2D eigenvalue weighted by Gasteiger charge is 2.10. The summed E-state index contributed by atoms with van der Waals surface area (Å²) >= 11 is 0. The van der Waals surface area contributed by atoms with Gasteiger partial charge in [0.15, 0.2) is 15.8 Å². The number of guanidine groups is 1. The highest BCUT2D eigenvalue weighted by atomic mass is 127. The lowest BCUT2D eigenvalue weighted by atomic mass is 10.1. The Balaban J connectivity index is 0.00000364. The lowest BCUT2D eigenvalue weighted by Crippen LogP contribution is -2.38. The number of hydrogen-bond acceptors (Lipinski definition) is 4. The van der Waals surface area contributed by atoms with Gasteiger partial charge in [0, 0.05) is 25.9 Å². The first kappa shape index (κ1) is 24.2. The summed E-state index contributed by atoms with van der Waals surface area (Å²) in [5, 5.41) is 6.62. The van der Waals surface area contributed by atoms with Gasteiger partial charge in [0.25, 0.3) is 0 Å². The van der Waals surface area contributed by atoms with Crippen LogP contribution in [-0.4, -0.2) is 64.8 Å². The first-order valence-corrected chi connectivity index (χ1v) is 11.4. The van der Waals surface area contributed by atoms with Crippen molar-refractivity contribution in [1.29, 1.82) is 0 Å². The van der Waals surface area contributed by atoms with Crippen LogP contribution < -0.4 is 10.6 Å². The van der Waals surface area contributed by atoms with Gasteiger partial charge >= 0.3 is 0 Å². The third-order valence-electron chi connectivity index (χ3n) is 4.50. The minimum absolute atomic E-state index is 0. The zero-order valence-corrected chi connectivity index (χ0v) is 19.6. The lowest BCUT2D eigenvalue weighted by molar-refractivity contribution is 0.336. The number of halogens is 1. The zero-order valence-electron chi connectivity index (χ0n) is 16.4. The van der Waals surface area contributed by atoms with E-state index < -0.39 is 9.84 Å². The summed E-state index contributed by atoms with van der Waals surface area (Å²) in [6.45, 7) is 8.09. The monoisotopic (exact) mass is 508 g/mol. The van der Waals surface area contributed by atoms with Gasteiger partial charge in [-0.1, -0.05) is 12.1 Å². The van der Waals surface area contributed by atoms with Gasteiger partial charge in [-0.3, -0.25) is 4.99 Å². The Morgan fingerprint density at radius 2 is 1.81 bits per heavy atom. The third kappa shape index (κ3) is 9.25. The van der Waals surface area contributed by atoms with E-state index in [0.29, 0.717) is 4.90 Å². The summed E-state index contributed by atoms with van der Waals surface area (Å²) in [5.41, 5.74) is 1.11. The van der Waals surface area contributed by atoms with Gasteiger partial charge in [0.1, 0.15) is 0 Å². The number of aliphatic imine (C=N–C) groups is 1. The van der Waals surface area contributed by atoms with Crippen LogP contribution in [0.5, 0.6) is 0 Å². The van der Waals surface area contributed by atoms with Crippen molar-refractivity contribution in [1.82, 2.24) is 15.5 Å². The molecule has 0 radical (unpaired) electrons. The van der Waals surface area contributed by atoms with Crippen molar-refractivity contribution in [3.05, 3.63) is 29.8 Å². The Kier molecular flexibility index (Phi) is 11.2. The van der Waals surface area contributed by atoms with E-state index in [0.717, 1.165) is 50.5 Å². The highest BCUT2D eigenvalue weighted by molar-refractivity contribution is 14.0. The standard InChI is InChI=1S/C19H32N4O2S.HI/c1-3-20-19(21-12-6-16-23-14-4-5-15-23)22-13-11-17-7-9-18(10-8-17)26(2,24)25;/h7-10H,3-6,11-16H2,1-2H3,(H2,20,21,22);1H. The number of nitrogens with zero attached hydrogens (tertiary/aromatic N) is 2. The smallest absolute Gasteiger partial charge is 0.191 e. The second-order valence-corrected chi connectivity index (χ2v) is 8.77. The van der Waals surface area contributed by atoms with E-state index in [1.807, 2.05) is 12.1 Å². The molecule has 1 aromatic rings. The molecule has 1 aliphatic rings. The molecule has 1 aromatic carbocycles. The van der Waals surface area contributed by atoms with Crippen LogP contribution in [0.15, 0.2) is 34.2 Å². The van der Waals surface area contributed by atoms with Crippen LogP contribution >= 0.6 is 24.0 Å². The summed E-state index contributed by atoms with van der Waals surface area (Å²) in [6, 6.07) is 7.08. The van der Waals surface area contributed by atoms with Crippen LogP contribution in [0, 0.1) is 0 Å². The van der Waals surface area contributed by atoms with E-state index in [1.54, 1.807) is 12.1 Å². The van der Waals surface area contributed by atoms with Gasteiger partial charge in [-0.05, 0) is 69.9 Å². The van der Waals surface area contributed by atoms with Gasteiger partial charge in [-0.2, -0.15) is 0 Å². The second kappa shape index (κ2) is 12.6. The molecular formula is C19H33IN4O2S. The molecule has 0 aliphatic carbocycles. The maximum atomic E-state index is 11.5. The molecule has 27 heavy (non-hydrogen) atoms. The fraction of sp³-hybridized carbons (Fsp3) is 0.632. The van der Waals surface area contributed by atoms with Crippen LogP contribution in [0.2, 0.25) is 0 Å². The van der Waals surface area contributed by atoms with Crippen molar-refractivity contribution in [3.8, 4) is 0 Å². The van der Waals surface area contributed by atoms with Crippen LogP contribution in [0.4, 0.5) is 0 Å². The fourth-order valence-corrected chi connectivity index (χ4v) is 3.69. The number of hydrogen-bond donors (Lipinski definition) is 2. The normalized spacial score (nSPS) is 15.4. The number of sulfone groups is 1. The maximum absolute atomic E-state index is 11.5. The molecule has 0 atom stereocenters. The van der Waals surface area contributed by atoms with Crippen molar-refractivity contribution in [3.63, 3.8) is 0 Å². The molecule has 1 aliphatic heterocycles. The topological polar surface area (TPSA) is 73.8 Å². The number of nitrogens with one attached hydrogen (secondary N) is 2. The molecule has 0 saturated carbocycles. The van der Waals surface area contributed by atoms with E-state index in [2.05, 4.69) is 27.4 Å². The van der Waals surface area contributed by atoms with Gasteiger partial charge in [-0.25, -0.2) is 8.42 Å². The van der Waals surface area contributed by atoms with E-state index in [4.69, 9.17) is 0 Å². The van der Waals surface area contributed by atoms with Crippen molar-refractivity contribution < 1.29 is 8.42 Å². The Morgan fingerprint density at radius 1 is 1.15 bits per heavy atom. The van der Waals surface area contributed by atoms with Gasteiger partial charge in [0.2, 0.25) is 0 Å². The lowest BCUT2D eigenvalue weighted by Gasteiger charge is -2.14. The molecule has 2 rings (SSSR count). The molecule has 1 saturated heterocycles. The van der Waals surface area contributed by atoms with Crippen molar-refractivity contribution in [2.45, 2.75) is 37.5 Å². The summed E-state index contributed by atoms with van der Waals surface area (Å²) in [5.74, 6) is 0.849. The van der Waals surface area contributed by atoms with Crippen molar-refractivity contribution >= 4 is 39.8 Å². The minimum Gasteiger partial charge on any atom is -0.357 e. The van der Waals surface area contributed by atoms with Crippen molar-refractivity contribution in [2.24, 2.45) is 4.99 Å². The zero-order chi connectivity index (χ0) is 18.8. The van der Waals surface area contributed by atoms with Crippen LogP contribution in [0.25, 0.3) is 0 Å². The van der Waals surface area contributed by atoms with E-state index >= 15 is 0 Å². The molecule has 0 unspecified atom stereocenters. The average Bonchev–Trinajstić information content (AvgIpc) is 3.12. The summed E-state index contributed by atoms with van der Waals surface area (Å²) in [4.78, 5) is 7.51. The fourth-order valence-electron chi connectivity index (χ4n) is 3.06. The van der Waals surface area contributed by atoms with E-state index in [9.17, 15) is 8.42 Å². The predicted molar refractivity (Wildman–Crippen MR) is 123 cm³/mol. The Hall–Kier alpha value is -0.870. The number of benzene rings is 1. The third-order valence-corrected chi connectivity index (χ3v) is 5.63. The molecule has 154 valence electrons. The maximum Gasteiger partial charge on any atom is 0.191 e. The minimum atomic E-state index is -3.13. The molecule has 6 nitrogen and oxygen atoms in total. The molecule has 8 heteroatoms. The molecule has 0 amide bonds. The van der Waals surface area contributed by atoms with Crippen LogP contribution in [0.1, 0.15) is 31.7 Å².